The SMILES string of the molecule is CC[C@H](C)[C@@H](C(=O)N[C@@H](Cc1ccccc1)[C@@H](O)CN(Cc1cccc(Cl)c1)NC(=O)[C@@H](NC(=O)OC)C(C)(C)C)N1CCN(Cc2cccc(C)n2)C1=O. The van der Waals surface area contributed by atoms with Crippen molar-refractivity contribution in [2.24, 2.45) is 11.3 Å². The summed E-state index contributed by atoms with van der Waals surface area (Å²) in [4.78, 5) is 62.2. The summed E-state index contributed by atoms with van der Waals surface area (Å²) in [5.41, 5.74) is 5.46. The molecule has 1 fully saturated rings. The Morgan fingerprint density at radius 1 is 0.982 bits per heavy atom. The zero-order chi connectivity index (χ0) is 40.3. The number of aliphatic hydroxyl groups is 1. The Morgan fingerprint density at radius 2 is 1.67 bits per heavy atom. The number of carbonyl (C=O) groups excluding carboxylic acids is 4. The molecule has 0 radical (unpaired) electrons. The van der Waals surface area contributed by atoms with Crippen LogP contribution in [0.3, 0.4) is 0 Å². The summed E-state index contributed by atoms with van der Waals surface area (Å²) in [5, 5.41) is 19.8. The molecule has 13 nitrogen and oxygen atoms in total. The van der Waals surface area contributed by atoms with Crippen LogP contribution in [0.25, 0.3) is 0 Å². The van der Waals surface area contributed by atoms with Gasteiger partial charge in [0.15, 0.2) is 0 Å². The van der Waals surface area contributed by atoms with E-state index in [1.165, 1.54) is 7.11 Å². The number of carbonyl (C=O) groups is 4. The van der Waals surface area contributed by atoms with E-state index in [2.05, 4.69) is 21.0 Å². The first-order valence-corrected chi connectivity index (χ1v) is 19.1. The summed E-state index contributed by atoms with van der Waals surface area (Å²) >= 11 is 6.31. The fraction of sp³-hybridized carbons (Fsp3) is 0.488. The third kappa shape index (κ3) is 12.4. The maximum Gasteiger partial charge on any atom is 0.407 e. The zero-order valence-electron chi connectivity index (χ0n) is 32.9. The number of aliphatic hydroxyl groups excluding tert-OH is 1. The fourth-order valence-electron chi connectivity index (χ4n) is 6.67. The molecule has 4 N–H and O–H groups in total. The van der Waals surface area contributed by atoms with Gasteiger partial charge >= 0.3 is 12.1 Å². The number of hydrazine groups is 1. The molecule has 1 aromatic heterocycles. The quantitative estimate of drug-likeness (QED) is 0.138. The number of urea groups is 1. The van der Waals surface area contributed by atoms with Crippen LogP contribution >= 0.6 is 11.6 Å². The molecule has 1 aliphatic rings. The van der Waals surface area contributed by atoms with Gasteiger partial charge in [-0.2, -0.15) is 0 Å². The van der Waals surface area contributed by atoms with Crippen LogP contribution in [0.1, 0.15) is 63.6 Å². The maximum atomic E-state index is 14.4. The van der Waals surface area contributed by atoms with Gasteiger partial charge in [0.2, 0.25) is 5.91 Å². The summed E-state index contributed by atoms with van der Waals surface area (Å²) in [6.45, 7) is 12.4. The van der Waals surface area contributed by atoms with E-state index in [9.17, 15) is 24.3 Å². The number of hydrogen-bond donors (Lipinski definition) is 4. The van der Waals surface area contributed by atoms with Crippen molar-refractivity contribution in [2.75, 3.05) is 26.7 Å². The number of alkyl carbamates (subject to hydrolysis) is 1. The Morgan fingerprint density at radius 3 is 2.31 bits per heavy atom. The lowest BCUT2D eigenvalue weighted by atomic mass is 9.86. The van der Waals surface area contributed by atoms with Crippen molar-refractivity contribution in [3.05, 3.63) is 100 Å². The van der Waals surface area contributed by atoms with Crippen LogP contribution in [0, 0.1) is 18.3 Å². The first-order chi connectivity index (χ1) is 26.1. The number of nitrogens with one attached hydrogen (secondary N) is 3. The van der Waals surface area contributed by atoms with Crippen LogP contribution in [0.4, 0.5) is 9.59 Å². The number of halogens is 1. The lowest BCUT2D eigenvalue weighted by Gasteiger charge is -2.36. The van der Waals surface area contributed by atoms with Crippen molar-refractivity contribution in [1.82, 2.24) is 35.9 Å². The normalized spacial score (nSPS) is 15.9. The average Bonchev–Trinajstić information content (AvgIpc) is 3.48. The monoisotopic (exact) mass is 777 g/mol. The van der Waals surface area contributed by atoms with Gasteiger partial charge in [-0.1, -0.05) is 101 Å². The number of ether oxygens (including phenoxy) is 1. The first kappa shape index (κ1) is 43.0. The highest BCUT2D eigenvalue weighted by Crippen LogP contribution is 2.24. The Hall–Kier alpha value is -4.72. The van der Waals surface area contributed by atoms with Gasteiger partial charge in [0.05, 0.1) is 31.5 Å². The minimum Gasteiger partial charge on any atom is -0.453 e. The number of pyridine rings is 1. The predicted molar refractivity (Wildman–Crippen MR) is 212 cm³/mol. The Balaban J connectivity index is 1.61. The highest BCUT2D eigenvalue weighted by molar-refractivity contribution is 6.30. The molecule has 4 rings (SSSR count). The van der Waals surface area contributed by atoms with Crippen LogP contribution in [0.5, 0.6) is 0 Å². The van der Waals surface area contributed by atoms with E-state index in [1.54, 1.807) is 33.0 Å². The Labute approximate surface area is 329 Å². The average molecular weight is 778 g/mol. The molecule has 5 amide bonds. The molecule has 0 saturated carbocycles. The van der Waals surface area contributed by atoms with Crippen LogP contribution < -0.4 is 16.1 Å². The van der Waals surface area contributed by atoms with E-state index in [1.807, 2.05) is 96.1 Å². The highest BCUT2D eigenvalue weighted by atomic mass is 35.5. The van der Waals surface area contributed by atoms with Gasteiger partial charge < -0.3 is 30.3 Å². The van der Waals surface area contributed by atoms with E-state index in [0.717, 1.165) is 22.5 Å². The molecule has 0 bridgehead atoms. The smallest absolute Gasteiger partial charge is 0.407 e. The second-order valence-electron chi connectivity index (χ2n) is 15.3. The van der Waals surface area contributed by atoms with Gasteiger partial charge in [0.1, 0.15) is 12.1 Å². The van der Waals surface area contributed by atoms with Gasteiger partial charge in [-0.05, 0) is 60.1 Å². The maximum absolute atomic E-state index is 14.4. The van der Waals surface area contributed by atoms with Crippen molar-refractivity contribution in [1.29, 1.82) is 0 Å². The lowest BCUT2D eigenvalue weighted by Crippen LogP contribution is -2.60. The minimum atomic E-state index is -1.21. The number of nitrogens with zero attached hydrogens (tertiary/aromatic N) is 4. The minimum absolute atomic E-state index is 0.112. The topological polar surface area (TPSA) is 156 Å². The fourth-order valence-corrected chi connectivity index (χ4v) is 6.88. The standard InChI is InChI=1S/C41H56ClN7O6/c1-8-27(2)35(49-21-20-47(40(49)54)25-32-19-12-14-28(3)43-32)37(51)44-33(23-29-15-10-9-11-16-29)34(50)26-48(24-30-17-13-18-31(42)22-30)46-38(52)36(41(4,5)6)45-39(53)55-7/h9-19,22,27,33-36,50H,8,20-21,23-26H2,1-7H3,(H,44,51)(H,45,53)(H,46,52)/t27-,33-,34-,35-,36+/m0/s1. The Kier molecular flexibility index (Phi) is 15.4. The van der Waals surface area contributed by atoms with Gasteiger partial charge in [-0.3, -0.25) is 20.0 Å². The lowest BCUT2D eigenvalue weighted by molar-refractivity contribution is -0.132. The summed E-state index contributed by atoms with van der Waals surface area (Å²) < 4.78 is 4.79. The van der Waals surface area contributed by atoms with Crippen molar-refractivity contribution >= 4 is 35.5 Å². The molecule has 0 unspecified atom stereocenters. The summed E-state index contributed by atoms with van der Waals surface area (Å²) in [7, 11) is 1.22. The molecular weight excluding hydrogens is 722 g/mol. The molecule has 3 aromatic rings. The molecule has 0 spiro atoms. The van der Waals surface area contributed by atoms with Crippen LogP contribution in [-0.4, -0.2) is 99.8 Å². The molecule has 298 valence electrons. The van der Waals surface area contributed by atoms with Gasteiger partial charge in [-0.25, -0.2) is 14.6 Å². The third-order valence-electron chi connectivity index (χ3n) is 9.82. The number of rotatable bonds is 17. The van der Waals surface area contributed by atoms with Crippen LogP contribution in [0.15, 0.2) is 72.8 Å². The molecule has 1 aliphatic heterocycles. The van der Waals surface area contributed by atoms with Crippen LogP contribution in [0.2, 0.25) is 5.02 Å². The number of amides is 5. The summed E-state index contributed by atoms with van der Waals surface area (Å²) in [5.74, 6) is -1.09. The molecule has 5 atom stereocenters. The second-order valence-corrected chi connectivity index (χ2v) is 15.7. The van der Waals surface area contributed by atoms with Crippen molar-refractivity contribution < 1.29 is 29.0 Å². The molecule has 1 saturated heterocycles. The van der Waals surface area contributed by atoms with Gasteiger partial charge in [0.25, 0.3) is 5.91 Å². The zero-order valence-corrected chi connectivity index (χ0v) is 33.7. The van der Waals surface area contributed by atoms with Crippen molar-refractivity contribution in [2.45, 2.75) is 91.7 Å². The molecular formula is C41H56ClN7O6. The van der Waals surface area contributed by atoms with E-state index >= 15 is 0 Å². The van der Waals surface area contributed by atoms with Crippen LogP contribution in [-0.2, 0) is 33.8 Å². The van der Waals surface area contributed by atoms with Gasteiger partial charge in [-0.15, -0.1) is 0 Å². The molecule has 0 aliphatic carbocycles. The third-order valence-corrected chi connectivity index (χ3v) is 10.1. The Bertz CT molecular complexity index is 1760. The molecule has 2 heterocycles. The summed E-state index contributed by atoms with van der Waals surface area (Å²) in [6, 6.07) is 19.5. The number of methoxy groups -OCH3 is 1. The van der Waals surface area contributed by atoms with E-state index in [4.69, 9.17) is 16.3 Å². The summed E-state index contributed by atoms with van der Waals surface area (Å²) in [6.07, 6.45) is -1.06. The van der Waals surface area contributed by atoms with Crippen molar-refractivity contribution in [3.8, 4) is 0 Å². The number of aromatic nitrogens is 1. The number of hydrogen-bond acceptors (Lipinski definition) is 8. The largest absolute Gasteiger partial charge is 0.453 e. The van der Waals surface area contributed by atoms with E-state index in [-0.39, 0.29) is 37.4 Å². The first-order valence-electron chi connectivity index (χ1n) is 18.7. The molecule has 55 heavy (non-hydrogen) atoms. The number of benzene rings is 2. The van der Waals surface area contributed by atoms with Gasteiger partial charge in [0, 0.05) is 36.9 Å². The molecule has 2 aromatic carbocycles. The second kappa shape index (κ2) is 19.7. The predicted octanol–water partition coefficient (Wildman–Crippen LogP) is 5.09. The number of aryl methyl sites for hydroxylation is 1. The highest BCUT2D eigenvalue weighted by Gasteiger charge is 2.41. The molecule has 14 heteroatoms. The van der Waals surface area contributed by atoms with E-state index in [0.29, 0.717) is 31.1 Å². The van der Waals surface area contributed by atoms with E-state index < -0.39 is 41.6 Å². The van der Waals surface area contributed by atoms with Crippen molar-refractivity contribution in [3.63, 3.8) is 0 Å².